The van der Waals surface area contributed by atoms with Gasteiger partial charge in [-0.25, -0.2) is 0 Å². The minimum atomic E-state index is -0.271. The van der Waals surface area contributed by atoms with Gasteiger partial charge in [0, 0.05) is 23.2 Å². The van der Waals surface area contributed by atoms with E-state index in [0.717, 1.165) is 15.7 Å². The zero-order valence-electron chi connectivity index (χ0n) is 13.1. The predicted octanol–water partition coefficient (Wildman–Crippen LogP) is 4.15. The number of hydrogen-bond acceptors (Lipinski definition) is 2. The van der Waals surface area contributed by atoms with Gasteiger partial charge in [-0.1, -0.05) is 52.3 Å². The second-order valence-electron chi connectivity index (χ2n) is 5.36. The first-order valence-electron chi connectivity index (χ1n) is 7.33. The van der Waals surface area contributed by atoms with Gasteiger partial charge in [-0.2, -0.15) is 0 Å². The molecular formula is C18H21BrN2O. The Morgan fingerprint density at radius 3 is 2.27 bits per heavy atom. The van der Waals surface area contributed by atoms with E-state index in [4.69, 9.17) is 0 Å². The zero-order chi connectivity index (χ0) is 16.1. The van der Waals surface area contributed by atoms with Crippen molar-refractivity contribution in [2.45, 2.75) is 25.9 Å². The molecule has 0 aromatic heterocycles. The van der Waals surface area contributed by atoms with E-state index in [0.29, 0.717) is 0 Å². The average molecular weight is 361 g/mol. The Labute approximate surface area is 140 Å². The molecule has 1 amide bonds. The lowest BCUT2D eigenvalue weighted by molar-refractivity contribution is -0.120. The van der Waals surface area contributed by atoms with Gasteiger partial charge in [-0.3, -0.25) is 10.1 Å². The van der Waals surface area contributed by atoms with Crippen LogP contribution in [0.25, 0.3) is 0 Å². The van der Waals surface area contributed by atoms with Gasteiger partial charge < -0.3 is 4.90 Å². The summed E-state index contributed by atoms with van der Waals surface area (Å²) in [6, 6.07) is 17.5. The van der Waals surface area contributed by atoms with Crippen LogP contribution in [0, 0.1) is 0 Å². The molecule has 0 fully saturated rings. The maximum absolute atomic E-state index is 12.5. The molecule has 0 radical (unpaired) electrons. The maximum Gasteiger partial charge on any atom is 0.243 e. The number of benzene rings is 2. The third kappa shape index (κ3) is 3.96. The summed E-state index contributed by atoms with van der Waals surface area (Å²) >= 11 is 3.55. The van der Waals surface area contributed by atoms with E-state index in [2.05, 4.69) is 34.2 Å². The van der Waals surface area contributed by atoms with Crippen LogP contribution in [0.5, 0.6) is 0 Å². The highest BCUT2D eigenvalue weighted by Crippen LogP contribution is 2.23. The topological polar surface area (TPSA) is 32.3 Å². The monoisotopic (exact) mass is 360 g/mol. The molecule has 2 atom stereocenters. The van der Waals surface area contributed by atoms with Crippen molar-refractivity contribution in [1.82, 2.24) is 5.32 Å². The number of nitrogens with one attached hydrogen (secondary N) is 1. The summed E-state index contributed by atoms with van der Waals surface area (Å²) in [5, 5.41) is 3.37. The first-order valence-corrected chi connectivity index (χ1v) is 8.13. The smallest absolute Gasteiger partial charge is 0.243 e. The summed E-state index contributed by atoms with van der Waals surface area (Å²) in [7, 11) is 1.80. The number of amides is 1. The number of rotatable bonds is 5. The Bertz CT molecular complexity index is 630. The van der Waals surface area contributed by atoms with Gasteiger partial charge in [0.15, 0.2) is 0 Å². The number of nitrogens with zero attached hydrogens (tertiary/aromatic N) is 1. The van der Waals surface area contributed by atoms with Crippen molar-refractivity contribution in [2.75, 3.05) is 11.9 Å². The Hall–Kier alpha value is -1.65. The quantitative estimate of drug-likeness (QED) is 0.868. The fourth-order valence-electron chi connectivity index (χ4n) is 2.43. The van der Waals surface area contributed by atoms with E-state index in [1.807, 2.05) is 55.5 Å². The van der Waals surface area contributed by atoms with Gasteiger partial charge in [-0.05, 0) is 37.6 Å². The van der Waals surface area contributed by atoms with E-state index in [1.165, 1.54) is 0 Å². The summed E-state index contributed by atoms with van der Waals surface area (Å²) in [4.78, 5) is 14.2. The van der Waals surface area contributed by atoms with Crippen molar-refractivity contribution in [3.63, 3.8) is 0 Å². The molecule has 116 valence electrons. The third-order valence-corrected chi connectivity index (χ3v) is 4.44. The average Bonchev–Trinajstić information content (AvgIpc) is 2.54. The number of halogens is 1. The van der Waals surface area contributed by atoms with Crippen LogP contribution in [0.4, 0.5) is 5.69 Å². The Kier molecular flexibility index (Phi) is 5.75. The van der Waals surface area contributed by atoms with Crippen molar-refractivity contribution >= 4 is 27.5 Å². The van der Waals surface area contributed by atoms with Crippen LogP contribution in [0.15, 0.2) is 59.1 Å². The second-order valence-corrected chi connectivity index (χ2v) is 6.22. The molecule has 4 heteroatoms. The van der Waals surface area contributed by atoms with Gasteiger partial charge >= 0.3 is 0 Å². The van der Waals surface area contributed by atoms with Crippen LogP contribution < -0.4 is 10.2 Å². The maximum atomic E-state index is 12.5. The first-order chi connectivity index (χ1) is 10.5. The van der Waals surface area contributed by atoms with Gasteiger partial charge in [0.2, 0.25) is 5.91 Å². The molecule has 0 aliphatic carbocycles. The van der Waals surface area contributed by atoms with Crippen LogP contribution in [0.3, 0.4) is 0 Å². The molecule has 0 aliphatic heterocycles. The van der Waals surface area contributed by atoms with Crippen LogP contribution >= 0.6 is 15.9 Å². The third-order valence-electron chi connectivity index (χ3n) is 3.72. The SMILES string of the molecule is C[C@H](N[C@H](C)C(=O)N(C)c1ccccc1)c1ccccc1Br. The summed E-state index contributed by atoms with van der Waals surface area (Å²) < 4.78 is 1.05. The van der Waals surface area contributed by atoms with Gasteiger partial charge in [-0.15, -0.1) is 0 Å². The van der Waals surface area contributed by atoms with Gasteiger partial charge in [0.25, 0.3) is 0 Å². The number of anilines is 1. The van der Waals surface area contributed by atoms with Crippen LogP contribution in [0.1, 0.15) is 25.5 Å². The van der Waals surface area contributed by atoms with Crippen molar-refractivity contribution in [1.29, 1.82) is 0 Å². The lowest BCUT2D eigenvalue weighted by Gasteiger charge is -2.25. The molecule has 0 unspecified atom stereocenters. The first kappa shape index (κ1) is 16.7. The van der Waals surface area contributed by atoms with Gasteiger partial charge in [0.1, 0.15) is 0 Å². The standard InChI is InChI=1S/C18H21BrN2O/c1-13(16-11-7-8-12-17(16)19)20-14(2)18(22)21(3)15-9-5-4-6-10-15/h4-14,20H,1-3H3/t13-,14+/m0/s1. The molecule has 2 rings (SSSR count). The zero-order valence-corrected chi connectivity index (χ0v) is 14.7. The normalized spacial score (nSPS) is 13.5. The molecule has 0 spiro atoms. The number of para-hydroxylation sites is 1. The number of carbonyl (C=O) groups excluding carboxylic acids is 1. The highest BCUT2D eigenvalue weighted by molar-refractivity contribution is 9.10. The fourth-order valence-corrected chi connectivity index (χ4v) is 3.06. The van der Waals surface area contributed by atoms with Crippen LogP contribution in [0.2, 0.25) is 0 Å². The summed E-state index contributed by atoms with van der Waals surface area (Å²) in [6.45, 7) is 3.96. The highest BCUT2D eigenvalue weighted by atomic mass is 79.9. The van der Waals surface area contributed by atoms with Crippen molar-refractivity contribution in [3.05, 3.63) is 64.6 Å². The van der Waals surface area contributed by atoms with E-state index in [-0.39, 0.29) is 18.0 Å². The molecule has 1 N–H and O–H groups in total. The second kappa shape index (κ2) is 7.56. The van der Waals surface area contributed by atoms with E-state index >= 15 is 0 Å². The molecule has 0 bridgehead atoms. The van der Waals surface area contributed by atoms with E-state index in [1.54, 1.807) is 11.9 Å². The molecule has 3 nitrogen and oxygen atoms in total. The minimum Gasteiger partial charge on any atom is -0.314 e. The van der Waals surface area contributed by atoms with Crippen molar-refractivity contribution in [2.24, 2.45) is 0 Å². The van der Waals surface area contributed by atoms with E-state index in [9.17, 15) is 4.79 Å². The lowest BCUT2D eigenvalue weighted by atomic mass is 10.1. The molecule has 0 saturated heterocycles. The molecule has 0 aliphatic rings. The predicted molar refractivity (Wildman–Crippen MR) is 95.0 cm³/mol. The summed E-state index contributed by atoms with van der Waals surface area (Å²) in [6.07, 6.45) is 0. The lowest BCUT2D eigenvalue weighted by Crippen LogP contribution is -2.44. The largest absolute Gasteiger partial charge is 0.314 e. The fraction of sp³-hybridized carbons (Fsp3) is 0.278. The molecule has 0 heterocycles. The Morgan fingerprint density at radius 1 is 1.05 bits per heavy atom. The highest BCUT2D eigenvalue weighted by Gasteiger charge is 2.21. The Balaban J connectivity index is 2.04. The van der Waals surface area contributed by atoms with Crippen molar-refractivity contribution < 1.29 is 4.79 Å². The van der Waals surface area contributed by atoms with Gasteiger partial charge in [0.05, 0.1) is 6.04 Å². The number of carbonyl (C=O) groups is 1. The van der Waals surface area contributed by atoms with Crippen LogP contribution in [-0.2, 0) is 4.79 Å². The minimum absolute atomic E-state index is 0.0464. The Morgan fingerprint density at radius 2 is 1.64 bits per heavy atom. The molecule has 0 saturated carbocycles. The molecule has 22 heavy (non-hydrogen) atoms. The molecule has 2 aromatic carbocycles. The number of hydrogen-bond donors (Lipinski definition) is 1. The number of likely N-dealkylation sites (N-methyl/N-ethyl adjacent to an activating group) is 1. The molecule has 2 aromatic rings. The van der Waals surface area contributed by atoms with E-state index < -0.39 is 0 Å². The summed E-state index contributed by atoms with van der Waals surface area (Å²) in [5.74, 6) is 0.0464. The molecular weight excluding hydrogens is 340 g/mol. The van der Waals surface area contributed by atoms with Crippen LogP contribution in [-0.4, -0.2) is 19.0 Å². The summed E-state index contributed by atoms with van der Waals surface area (Å²) in [5.41, 5.74) is 2.04. The van der Waals surface area contributed by atoms with Crippen molar-refractivity contribution in [3.8, 4) is 0 Å².